The van der Waals surface area contributed by atoms with Gasteiger partial charge in [0.1, 0.15) is 12.4 Å². The van der Waals surface area contributed by atoms with Gasteiger partial charge in [0.05, 0.1) is 27.2 Å². The van der Waals surface area contributed by atoms with Gasteiger partial charge in [-0.25, -0.2) is 4.39 Å². The number of halogens is 1. The van der Waals surface area contributed by atoms with E-state index >= 15 is 0 Å². The highest BCUT2D eigenvalue weighted by molar-refractivity contribution is 6.08. The van der Waals surface area contributed by atoms with Crippen LogP contribution in [0.5, 0.6) is 17.2 Å². The van der Waals surface area contributed by atoms with Gasteiger partial charge in [-0.3, -0.25) is 9.78 Å². The van der Waals surface area contributed by atoms with Crippen LogP contribution in [-0.2, 0) is 16.1 Å². The summed E-state index contributed by atoms with van der Waals surface area (Å²) >= 11 is 0. The Morgan fingerprint density at radius 3 is 2.48 bits per heavy atom. The molecule has 0 aliphatic heterocycles. The number of pyridine rings is 1. The molecule has 11 heteroatoms. The molecule has 10 nitrogen and oxygen atoms in total. The molecule has 0 atom stereocenters. The van der Waals surface area contributed by atoms with Crippen LogP contribution in [0, 0.1) is 5.82 Å². The normalized spacial score (nSPS) is 13.7. The third kappa shape index (κ3) is 7.31. The van der Waals surface area contributed by atoms with E-state index in [9.17, 15) is 19.4 Å². The molecule has 0 bridgehead atoms. The molecule has 0 saturated carbocycles. The van der Waals surface area contributed by atoms with E-state index in [4.69, 9.17) is 24.1 Å². The number of aromatic nitrogens is 1. The number of benzene rings is 2. The summed E-state index contributed by atoms with van der Waals surface area (Å²) < 4.78 is 36.1. The zero-order valence-corrected chi connectivity index (χ0v) is 23.5. The fourth-order valence-electron chi connectivity index (χ4n) is 4.55. The number of methoxy groups -OCH3 is 2. The van der Waals surface area contributed by atoms with Gasteiger partial charge < -0.3 is 39.6 Å². The summed E-state index contributed by atoms with van der Waals surface area (Å²) in [5, 5.41) is 30.8. The fourth-order valence-corrected chi connectivity index (χ4v) is 4.55. The Labute approximate surface area is 242 Å². The molecule has 1 aliphatic carbocycles. The number of carbonyl (C=O) groups is 1. The molecule has 1 aromatic heterocycles. The van der Waals surface area contributed by atoms with Crippen LogP contribution in [0.25, 0.3) is 17.2 Å². The van der Waals surface area contributed by atoms with E-state index in [2.05, 4.69) is 10.3 Å². The number of hydrogen-bond donors (Lipinski definition) is 4. The lowest BCUT2D eigenvalue weighted by molar-refractivity contribution is -0.226. The van der Waals surface area contributed by atoms with Crippen LogP contribution in [-0.4, -0.2) is 66.2 Å². The first-order valence-electron chi connectivity index (χ1n) is 13.1. The monoisotopic (exact) mass is 580 g/mol. The van der Waals surface area contributed by atoms with Crippen LogP contribution in [0.15, 0.2) is 60.4 Å². The largest absolute Gasteiger partial charge is 0.493 e. The van der Waals surface area contributed by atoms with E-state index in [1.54, 1.807) is 36.7 Å². The molecule has 1 heterocycles. The summed E-state index contributed by atoms with van der Waals surface area (Å²) in [6, 6.07) is 11.6. The summed E-state index contributed by atoms with van der Waals surface area (Å²) in [4.78, 5) is 16.9. The molecular weight excluding hydrogens is 547 g/mol. The number of amides is 1. The maximum Gasteiger partial charge on any atom is 0.224 e. The first-order valence-corrected chi connectivity index (χ1v) is 13.1. The van der Waals surface area contributed by atoms with Crippen LogP contribution >= 0.6 is 0 Å². The Kier molecular flexibility index (Phi) is 9.92. The number of aliphatic hydroxyl groups is 3. The highest BCUT2D eigenvalue weighted by atomic mass is 19.1. The van der Waals surface area contributed by atoms with E-state index in [0.717, 1.165) is 27.8 Å². The van der Waals surface area contributed by atoms with E-state index < -0.39 is 24.8 Å². The minimum Gasteiger partial charge on any atom is -0.493 e. The van der Waals surface area contributed by atoms with Crippen molar-refractivity contribution in [1.29, 1.82) is 0 Å². The number of nitrogens with one attached hydrogen (secondary N) is 1. The van der Waals surface area contributed by atoms with Crippen molar-refractivity contribution in [2.24, 2.45) is 0 Å². The standard InChI is InChI=1S/C31H33FN2O8/c1-19-24(9-21-10-27(39-2)30(28(11-21)40-3)42-18-41-17-31(37,38)16-35)23-7-6-22(32)12-26(23)25(19)13-29(36)34-15-20-5-4-8-33-14-20/h4-12,14,35,37-38H,13,15-18H2,1-3H3,(H,34,36)/b24-9-. The van der Waals surface area contributed by atoms with Crippen LogP contribution in [0.4, 0.5) is 4.39 Å². The van der Waals surface area contributed by atoms with Crippen molar-refractivity contribution < 1.29 is 43.5 Å². The van der Waals surface area contributed by atoms with Gasteiger partial charge in [0.2, 0.25) is 17.4 Å². The minimum absolute atomic E-state index is 0.0680. The zero-order valence-electron chi connectivity index (χ0n) is 23.5. The van der Waals surface area contributed by atoms with Gasteiger partial charge in [-0.2, -0.15) is 0 Å². The molecule has 0 saturated heterocycles. The lowest BCUT2D eigenvalue weighted by Crippen LogP contribution is -2.38. The number of fused-ring (bicyclic) bond motifs is 1. The van der Waals surface area contributed by atoms with Gasteiger partial charge in [-0.1, -0.05) is 12.1 Å². The van der Waals surface area contributed by atoms with E-state index in [-0.39, 0.29) is 24.9 Å². The first-order chi connectivity index (χ1) is 20.2. The van der Waals surface area contributed by atoms with Gasteiger partial charge in [-0.15, -0.1) is 0 Å². The Balaban J connectivity index is 1.60. The second kappa shape index (κ2) is 13.6. The quantitative estimate of drug-likeness (QED) is 0.177. The van der Waals surface area contributed by atoms with Crippen molar-refractivity contribution in [2.75, 3.05) is 34.2 Å². The number of aliphatic hydroxyl groups excluding tert-OH is 1. The summed E-state index contributed by atoms with van der Waals surface area (Å²) in [5.41, 5.74) is 5.37. The second-order valence-corrected chi connectivity index (χ2v) is 9.67. The van der Waals surface area contributed by atoms with Crippen molar-refractivity contribution in [3.8, 4) is 17.2 Å². The lowest BCUT2D eigenvalue weighted by Gasteiger charge is -2.19. The summed E-state index contributed by atoms with van der Waals surface area (Å²) in [6.07, 6.45) is 5.31. The Morgan fingerprint density at radius 2 is 1.83 bits per heavy atom. The predicted molar refractivity (Wildman–Crippen MR) is 153 cm³/mol. The molecular formula is C31H33FN2O8. The number of rotatable bonds is 13. The van der Waals surface area contributed by atoms with E-state index in [0.29, 0.717) is 29.2 Å². The van der Waals surface area contributed by atoms with E-state index in [1.807, 2.05) is 19.1 Å². The maximum absolute atomic E-state index is 14.3. The van der Waals surface area contributed by atoms with Crippen molar-refractivity contribution in [3.05, 3.63) is 88.5 Å². The third-order valence-corrected chi connectivity index (χ3v) is 6.67. The summed E-state index contributed by atoms with van der Waals surface area (Å²) in [5.74, 6) is -2.13. The van der Waals surface area contributed by atoms with Gasteiger partial charge >= 0.3 is 0 Å². The number of ether oxygens (including phenoxy) is 4. The third-order valence-electron chi connectivity index (χ3n) is 6.67. The number of nitrogens with zero attached hydrogens (tertiary/aromatic N) is 1. The van der Waals surface area contributed by atoms with Crippen LogP contribution in [0.2, 0.25) is 0 Å². The first kappa shape index (κ1) is 30.7. The SMILES string of the molecule is COc1cc(/C=C2/C(C)=C(CC(=O)NCc3cccnc3)c3cc(F)ccc32)cc(OC)c1OCOCC(O)(O)CO. The molecule has 2 aromatic carbocycles. The maximum atomic E-state index is 14.3. The average molecular weight is 581 g/mol. The molecule has 4 N–H and O–H groups in total. The van der Waals surface area contributed by atoms with Crippen molar-refractivity contribution >= 4 is 23.1 Å². The highest BCUT2D eigenvalue weighted by Crippen LogP contribution is 2.45. The highest BCUT2D eigenvalue weighted by Gasteiger charge is 2.26. The van der Waals surface area contributed by atoms with Gasteiger partial charge in [-0.05, 0) is 82.3 Å². The molecule has 4 rings (SSSR count). The minimum atomic E-state index is -2.39. The molecule has 0 radical (unpaired) electrons. The molecule has 0 fully saturated rings. The average Bonchev–Trinajstić information content (AvgIpc) is 3.23. The molecule has 3 aromatic rings. The topological polar surface area (TPSA) is 140 Å². The zero-order chi connectivity index (χ0) is 30.3. The molecule has 0 unspecified atom stereocenters. The summed E-state index contributed by atoms with van der Waals surface area (Å²) in [7, 11) is 2.91. The molecule has 0 spiro atoms. The van der Waals surface area contributed by atoms with Crippen molar-refractivity contribution in [3.63, 3.8) is 0 Å². The second-order valence-electron chi connectivity index (χ2n) is 9.67. The number of carbonyl (C=O) groups excluding carboxylic acids is 1. The molecule has 1 aliphatic rings. The van der Waals surface area contributed by atoms with Crippen molar-refractivity contribution in [1.82, 2.24) is 10.3 Å². The molecule has 222 valence electrons. The Bertz CT molecular complexity index is 1460. The van der Waals surface area contributed by atoms with E-state index in [1.165, 1.54) is 26.4 Å². The Morgan fingerprint density at radius 1 is 1.10 bits per heavy atom. The number of allylic oxidation sites excluding steroid dienone is 2. The Hall–Kier alpha value is -4.29. The van der Waals surface area contributed by atoms with Gasteiger partial charge in [0, 0.05) is 18.9 Å². The van der Waals surface area contributed by atoms with Crippen LogP contribution in [0.3, 0.4) is 0 Å². The van der Waals surface area contributed by atoms with Gasteiger partial charge in [0.25, 0.3) is 0 Å². The number of hydrogen-bond acceptors (Lipinski definition) is 9. The van der Waals surface area contributed by atoms with Crippen molar-refractivity contribution in [2.45, 2.75) is 25.7 Å². The molecule has 42 heavy (non-hydrogen) atoms. The van der Waals surface area contributed by atoms with Crippen LogP contribution < -0.4 is 19.5 Å². The lowest BCUT2D eigenvalue weighted by atomic mass is 10.00. The van der Waals surface area contributed by atoms with Gasteiger partial charge in [0.15, 0.2) is 18.3 Å². The smallest absolute Gasteiger partial charge is 0.224 e. The predicted octanol–water partition coefficient (Wildman–Crippen LogP) is 3.30. The summed E-state index contributed by atoms with van der Waals surface area (Å²) in [6.45, 7) is 0.381. The van der Waals surface area contributed by atoms with Crippen LogP contribution in [0.1, 0.15) is 35.6 Å². The molecule has 1 amide bonds. The fraction of sp³-hybridized carbons (Fsp3) is 0.290.